The summed E-state index contributed by atoms with van der Waals surface area (Å²) in [5, 5.41) is 2.60. The quantitative estimate of drug-likeness (QED) is 0.918. The van der Waals surface area contributed by atoms with Crippen LogP contribution in [0.25, 0.3) is 5.76 Å². The maximum Gasteiger partial charge on any atom is 0.414 e. The molecule has 1 N–H and O–H groups in total. The van der Waals surface area contributed by atoms with Crippen LogP contribution >= 0.6 is 0 Å². The number of carbonyl (C=O) groups excluding carboxylic acids is 2. The van der Waals surface area contributed by atoms with E-state index < -0.39 is 18.0 Å². The van der Waals surface area contributed by atoms with Gasteiger partial charge in [-0.25, -0.2) is 9.18 Å². The summed E-state index contributed by atoms with van der Waals surface area (Å²) in [6, 6.07) is 4.58. The third kappa shape index (κ3) is 3.50. The van der Waals surface area contributed by atoms with Crippen LogP contribution in [-0.2, 0) is 14.3 Å². The molecule has 0 aromatic heterocycles. The Morgan fingerprint density at radius 3 is 2.96 bits per heavy atom. The van der Waals surface area contributed by atoms with Crippen LogP contribution in [0.5, 0.6) is 0 Å². The van der Waals surface area contributed by atoms with Crippen LogP contribution in [0.15, 0.2) is 24.3 Å². The highest BCUT2D eigenvalue weighted by Crippen LogP contribution is 2.29. The fourth-order valence-electron chi connectivity index (χ4n) is 2.71. The van der Waals surface area contributed by atoms with Crippen LogP contribution in [0.1, 0.15) is 25.3 Å². The maximum absolute atomic E-state index is 14.4. The Labute approximate surface area is 139 Å². The summed E-state index contributed by atoms with van der Waals surface area (Å²) >= 11 is 0. The topological polar surface area (TPSA) is 67.9 Å². The number of nitrogens with zero attached hydrogens (tertiary/aromatic N) is 1. The number of hydrogen-bond acceptors (Lipinski definition) is 4. The SMILES string of the molecule is CC(=O)NCC1CN(c2ccc(C3=CCCCO3)c(F)c2)C(=O)O1. The zero-order valence-corrected chi connectivity index (χ0v) is 13.4. The van der Waals surface area contributed by atoms with Crippen molar-refractivity contribution in [2.75, 3.05) is 24.6 Å². The van der Waals surface area contributed by atoms with Crippen LogP contribution in [0, 0.1) is 5.82 Å². The molecule has 2 aliphatic heterocycles. The summed E-state index contributed by atoms with van der Waals surface area (Å²) in [6.45, 7) is 2.47. The predicted molar refractivity (Wildman–Crippen MR) is 85.9 cm³/mol. The van der Waals surface area contributed by atoms with Crippen LogP contribution in [0.3, 0.4) is 0 Å². The highest BCUT2D eigenvalue weighted by molar-refractivity contribution is 5.90. The van der Waals surface area contributed by atoms with E-state index in [0.29, 0.717) is 23.6 Å². The number of amides is 2. The molecule has 1 atom stereocenters. The van der Waals surface area contributed by atoms with Crippen LogP contribution < -0.4 is 10.2 Å². The minimum atomic E-state index is -0.550. The van der Waals surface area contributed by atoms with Crippen molar-refractivity contribution in [1.29, 1.82) is 0 Å². The molecule has 0 spiro atoms. The van der Waals surface area contributed by atoms with Gasteiger partial charge in [-0.2, -0.15) is 0 Å². The highest BCUT2D eigenvalue weighted by Gasteiger charge is 2.32. The van der Waals surface area contributed by atoms with Gasteiger partial charge in [-0.1, -0.05) is 0 Å². The van der Waals surface area contributed by atoms with Crippen molar-refractivity contribution in [2.45, 2.75) is 25.9 Å². The summed E-state index contributed by atoms with van der Waals surface area (Å²) in [6.07, 6.45) is 2.66. The van der Waals surface area contributed by atoms with E-state index in [0.717, 1.165) is 12.8 Å². The molecule has 1 aromatic rings. The number of anilines is 1. The molecular formula is C17H19FN2O4. The molecule has 24 heavy (non-hydrogen) atoms. The summed E-state index contributed by atoms with van der Waals surface area (Å²) in [5.41, 5.74) is 0.809. The van der Waals surface area contributed by atoms with Gasteiger partial charge in [-0.05, 0) is 37.1 Å². The molecule has 0 bridgehead atoms. The summed E-state index contributed by atoms with van der Waals surface area (Å²) in [7, 11) is 0. The summed E-state index contributed by atoms with van der Waals surface area (Å²) < 4.78 is 25.1. The van der Waals surface area contributed by atoms with Gasteiger partial charge in [0.2, 0.25) is 5.91 Å². The Hall–Kier alpha value is -2.57. The monoisotopic (exact) mass is 334 g/mol. The molecule has 7 heteroatoms. The van der Waals surface area contributed by atoms with E-state index in [4.69, 9.17) is 9.47 Å². The second-order valence-corrected chi connectivity index (χ2v) is 5.78. The minimum Gasteiger partial charge on any atom is -0.493 e. The van der Waals surface area contributed by atoms with E-state index in [2.05, 4.69) is 5.32 Å². The van der Waals surface area contributed by atoms with Gasteiger partial charge >= 0.3 is 6.09 Å². The Morgan fingerprint density at radius 1 is 1.46 bits per heavy atom. The molecule has 2 aliphatic rings. The molecule has 0 aliphatic carbocycles. The first-order valence-electron chi connectivity index (χ1n) is 7.90. The molecule has 0 saturated carbocycles. The van der Waals surface area contributed by atoms with Gasteiger partial charge in [0.25, 0.3) is 0 Å². The zero-order chi connectivity index (χ0) is 17.1. The second kappa shape index (κ2) is 6.90. The third-order valence-corrected chi connectivity index (χ3v) is 3.92. The van der Waals surface area contributed by atoms with E-state index >= 15 is 0 Å². The molecule has 128 valence electrons. The van der Waals surface area contributed by atoms with Crippen molar-refractivity contribution in [2.24, 2.45) is 0 Å². The van der Waals surface area contributed by atoms with E-state index in [-0.39, 0.29) is 19.0 Å². The number of benzene rings is 1. The normalized spacial score (nSPS) is 20.2. The summed E-state index contributed by atoms with van der Waals surface area (Å²) in [5.74, 6) is -0.0998. The first-order chi connectivity index (χ1) is 11.5. The Kier molecular flexibility index (Phi) is 4.69. The zero-order valence-electron chi connectivity index (χ0n) is 13.4. The lowest BCUT2D eigenvalue weighted by atomic mass is 10.1. The van der Waals surface area contributed by atoms with Crippen molar-refractivity contribution in [1.82, 2.24) is 5.32 Å². The lowest BCUT2D eigenvalue weighted by molar-refractivity contribution is -0.119. The number of carbonyl (C=O) groups is 2. The van der Waals surface area contributed by atoms with E-state index in [9.17, 15) is 14.0 Å². The first kappa shape index (κ1) is 16.3. The van der Waals surface area contributed by atoms with Crippen LogP contribution in [0.4, 0.5) is 14.9 Å². The lowest BCUT2D eigenvalue weighted by Gasteiger charge is -2.18. The second-order valence-electron chi connectivity index (χ2n) is 5.78. The van der Waals surface area contributed by atoms with Crippen molar-refractivity contribution in [3.8, 4) is 0 Å². The molecule has 1 fully saturated rings. The molecule has 2 heterocycles. The van der Waals surface area contributed by atoms with Gasteiger partial charge in [0.05, 0.1) is 30.9 Å². The highest BCUT2D eigenvalue weighted by atomic mass is 19.1. The van der Waals surface area contributed by atoms with Crippen molar-refractivity contribution >= 4 is 23.4 Å². The van der Waals surface area contributed by atoms with Gasteiger partial charge in [0.1, 0.15) is 17.7 Å². The van der Waals surface area contributed by atoms with E-state index in [1.165, 1.54) is 17.9 Å². The molecule has 2 amide bonds. The largest absolute Gasteiger partial charge is 0.493 e. The average molecular weight is 334 g/mol. The summed E-state index contributed by atoms with van der Waals surface area (Å²) in [4.78, 5) is 24.3. The number of halogens is 1. The fourth-order valence-corrected chi connectivity index (χ4v) is 2.71. The van der Waals surface area contributed by atoms with Crippen molar-refractivity contribution in [3.05, 3.63) is 35.7 Å². The standard InChI is InChI=1S/C17H19FN2O4/c1-11(21)19-9-13-10-20(17(22)24-13)12-5-6-14(15(18)8-12)16-4-2-3-7-23-16/h4-6,8,13H,2-3,7,9-10H2,1H3,(H,19,21). The molecule has 3 rings (SSSR count). The first-order valence-corrected chi connectivity index (χ1v) is 7.90. The van der Waals surface area contributed by atoms with Crippen LogP contribution in [0.2, 0.25) is 0 Å². The van der Waals surface area contributed by atoms with Crippen molar-refractivity contribution < 1.29 is 23.5 Å². The average Bonchev–Trinajstić information content (AvgIpc) is 2.94. The van der Waals surface area contributed by atoms with E-state index in [1.807, 2.05) is 6.08 Å². The number of ether oxygens (including phenoxy) is 2. The molecule has 0 radical (unpaired) electrons. The molecule has 1 saturated heterocycles. The molecular weight excluding hydrogens is 315 g/mol. The number of cyclic esters (lactones) is 1. The van der Waals surface area contributed by atoms with Crippen molar-refractivity contribution in [3.63, 3.8) is 0 Å². The Morgan fingerprint density at radius 2 is 2.29 bits per heavy atom. The Balaban J connectivity index is 1.73. The third-order valence-electron chi connectivity index (χ3n) is 3.92. The lowest BCUT2D eigenvalue weighted by Crippen LogP contribution is -2.33. The number of rotatable bonds is 4. The van der Waals surface area contributed by atoms with Gasteiger partial charge in [-0.15, -0.1) is 0 Å². The number of hydrogen-bond donors (Lipinski definition) is 1. The molecule has 1 unspecified atom stereocenters. The van der Waals surface area contributed by atoms with Gasteiger partial charge < -0.3 is 14.8 Å². The number of allylic oxidation sites excluding steroid dienone is 1. The van der Waals surface area contributed by atoms with Crippen LogP contribution in [-0.4, -0.2) is 37.8 Å². The van der Waals surface area contributed by atoms with Gasteiger partial charge in [-0.3, -0.25) is 9.69 Å². The molecule has 6 nitrogen and oxygen atoms in total. The van der Waals surface area contributed by atoms with E-state index in [1.54, 1.807) is 12.1 Å². The minimum absolute atomic E-state index is 0.194. The Bertz CT molecular complexity index is 689. The molecule has 1 aromatic carbocycles. The smallest absolute Gasteiger partial charge is 0.414 e. The van der Waals surface area contributed by atoms with Gasteiger partial charge in [0.15, 0.2) is 0 Å². The van der Waals surface area contributed by atoms with Gasteiger partial charge in [0, 0.05) is 6.92 Å². The fraction of sp³-hybridized carbons (Fsp3) is 0.412. The maximum atomic E-state index is 14.4. The number of nitrogens with one attached hydrogen (secondary N) is 1. The predicted octanol–water partition coefficient (Wildman–Crippen LogP) is 2.44.